The van der Waals surface area contributed by atoms with Crippen LogP contribution < -0.4 is 0 Å². The first-order valence-corrected chi connectivity index (χ1v) is 8.59. The number of aliphatic carboxylic acids is 1. The van der Waals surface area contributed by atoms with Gasteiger partial charge in [-0.05, 0) is 38.5 Å². The molecule has 0 spiro atoms. The van der Waals surface area contributed by atoms with E-state index in [0.717, 1.165) is 25.7 Å². The topological polar surface area (TPSA) is 96.4 Å². The molecule has 7 heteroatoms. The zero-order valence-corrected chi connectivity index (χ0v) is 17.2. The van der Waals surface area contributed by atoms with E-state index in [1.54, 1.807) is 0 Å². The first kappa shape index (κ1) is 22.3. The summed E-state index contributed by atoms with van der Waals surface area (Å²) in [6.45, 7) is 5.15. The summed E-state index contributed by atoms with van der Waals surface area (Å²) in [5.74, 6) is -0.579. The average Bonchev–Trinajstić information content (AvgIpc) is 3.32. The molecule has 143 valence electrons. The third-order valence-corrected chi connectivity index (χ3v) is 4.78. The minimum absolute atomic E-state index is 0. The van der Waals surface area contributed by atoms with Crippen LogP contribution in [0.15, 0.2) is 12.2 Å². The molecule has 0 aromatic heterocycles. The number of carboxylic acids is 1. The Morgan fingerprint density at radius 2 is 1.92 bits per heavy atom. The Morgan fingerprint density at radius 1 is 1.24 bits per heavy atom. The summed E-state index contributed by atoms with van der Waals surface area (Å²) in [4.78, 5) is 21.5. The Kier molecular flexibility index (Phi) is 9.30. The van der Waals surface area contributed by atoms with Crippen LogP contribution in [0.2, 0.25) is 0 Å². The largest absolute Gasteiger partial charge is 0.478 e. The molecule has 0 aromatic carbocycles. The van der Waals surface area contributed by atoms with Gasteiger partial charge in [0.15, 0.2) is 0 Å². The number of fused-ring (bicyclic) bond motifs is 1. The summed E-state index contributed by atoms with van der Waals surface area (Å²) in [5.41, 5.74) is 0.176. The van der Waals surface area contributed by atoms with Crippen LogP contribution >= 0.6 is 0 Å². The van der Waals surface area contributed by atoms with Crippen molar-refractivity contribution in [3.05, 3.63) is 18.6 Å². The van der Waals surface area contributed by atoms with Crippen molar-refractivity contribution in [2.45, 2.75) is 63.8 Å². The summed E-state index contributed by atoms with van der Waals surface area (Å²) >= 11 is 0. The average molecular weight is 526 g/mol. The van der Waals surface area contributed by atoms with Crippen LogP contribution in [0.1, 0.15) is 45.4 Å². The molecule has 2 saturated carbocycles. The van der Waals surface area contributed by atoms with Crippen molar-refractivity contribution in [2.75, 3.05) is 6.61 Å². The zero-order chi connectivity index (χ0) is 17.7. The van der Waals surface area contributed by atoms with E-state index in [4.69, 9.17) is 14.6 Å². The summed E-state index contributed by atoms with van der Waals surface area (Å²) in [6, 6.07) is 0. The first-order chi connectivity index (χ1) is 11.4. The predicted molar refractivity (Wildman–Crippen MR) is 87.1 cm³/mol. The summed E-state index contributed by atoms with van der Waals surface area (Å²) in [5, 5.41) is 17.2. The van der Waals surface area contributed by atoms with Gasteiger partial charge in [-0.3, -0.25) is 11.2 Å². The number of hydrogen-bond donors (Lipinski definition) is 2. The van der Waals surface area contributed by atoms with E-state index in [0.29, 0.717) is 37.6 Å². The Bertz CT molecular complexity index is 460. The van der Waals surface area contributed by atoms with Gasteiger partial charge >= 0.3 is 11.9 Å². The third-order valence-electron chi connectivity index (χ3n) is 4.78. The third kappa shape index (κ3) is 7.57. The van der Waals surface area contributed by atoms with E-state index in [1.807, 2.05) is 6.42 Å². The number of esters is 1. The van der Waals surface area contributed by atoms with Crippen LogP contribution in [-0.4, -0.2) is 47.1 Å². The Hall–Kier alpha value is -0.738. The quantitative estimate of drug-likeness (QED) is 0.253. The second kappa shape index (κ2) is 10.4. The standard InChI is InChI=1S/C14H21O4.C4H6O2.Re/c15-11-4-2-10(3-5-11)14(16)17-8-9-1-6-12-13(7-9)18-12;1-3(2)4(5)6;/h4,9-13,15H,1-3,5-8H2;1H2,2H3,(H,5,6);/q-1;;. The number of carbonyl (C=O) groups is 2. The van der Waals surface area contributed by atoms with Crippen LogP contribution in [0.4, 0.5) is 0 Å². The number of epoxide rings is 1. The van der Waals surface area contributed by atoms with Crippen molar-refractivity contribution in [3.63, 3.8) is 0 Å². The molecule has 1 saturated heterocycles. The molecule has 3 rings (SSSR count). The molecule has 1 aliphatic heterocycles. The van der Waals surface area contributed by atoms with Crippen molar-refractivity contribution >= 4 is 11.9 Å². The number of aliphatic hydroxyl groups excluding tert-OH is 1. The molecule has 25 heavy (non-hydrogen) atoms. The van der Waals surface area contributed by atoms with Crippen molar-refractivity contribution < 1.29 is 49.7 Å². The van der Waals surface area contributed by atoms with Gasteiger partial charge in [0, 0.05) is 31.9 Å². The van der Waals surface area contributed by atoms with Crippen LogP contribution in [0, 0.1) is 18.3 Å². The fourth-order valence-electron chi connectivity index (χ4n) is 3.10. The van der Waals surface area contributed by atoms with Crippen LogP contribution in [-0.2, 0) is 39.5 Å². The molecule has 0 bridgehead atoms. The second-order valence-electron chi connectivity index (χ2n) is 6.92. The normalized spacial score (nSPS) is 32.8. The van der Waals surface area contributed by atoms with Crippen LogP contribution in [0.3, 0.4) is 0 Å². The van der Waals surface area contributed by atoms with E-state index in [-0.39, 0.29) is 44.0 Å². The fraction of sp³-hybridized carbons (Fsp3) is 0.722. The van der Waals surface area contributed by atoms with E-state index in [1.165, 1.54) is 6.92 Å². The van der Waals surface area contributed by atoms with E-state index < -0.39 is 5.97 Å². The van der Waals surface area contributed by atoms with E-state index in [2.05, 4.69) is 6.58 Å². The minimum Gasteiger partial charge on any atom is -0.478 e. The molecule has 0 aromatic rings. The first-order valence-electron chi connectivity index (χ1n) is 8.59. The second-order valence-corrected chi connectivity index (χ2v) is 6.92. The molecule has 0 amide bonds. The van der Waals surface area contributed by atoms with Gasteiger partial charge in [0.25, 0.3) is 0 Å². The maximum absolute atomic E-state index is 11.9. The van der Waals surface area contributed by atoms with E-state index in [9.17, 15) is 14.7 Å². The van der Waals surface area contributed by atoms with Gasteiger partial charge in [-0.2, -0.15) is 6.42 Å². The zero-order valence-electron chi connectivity index (χ0n) is 14.5. The molecule has 1 heterocycles. The molecular weight excluding hydrogens is 498 g/mol. The minimum atomic E-state index is -0.935. The summed E-state index contributed by atoms with van der Waals surface area (Å²) < 4.78 is 10.9. The SMILES string of the molecule is C=C(C)C(=O)O.O=C(OCC1CCC2OC2C1)C1C[CH-]C(O)CC1.[Re]. The molecule has 5 unspecified atom stereocenters. The molecule has 1 radical (unpaired) electrons. The van der Waals surface area contributed by atoms with Crippen LogP contribution in [0.25, 0.3) is 0 Å². The van der Waals surface area contributed by atoms with Gasteiger partial charge in [-0.1, -0.05) is 19.1 Å². The maximum Gasteiger partial charge on any atom is 0.330 e. The van der Waals surface area contributed by atoms with E-state index >= 15 is 0 Å². The van der Waals surface area contributed by atoms with Gasteiger partial charge in [-0.15, -0.1) is 0 Å². The van der Waals surface area contributed by atoms with Gasteiger partial charge in [0.2, 0.25) is 0 Å². The molecule has 6 nitrogen and oxygen atoms in total. The smallest absolute Gasteiger partial charge is 0.330 e. The number of aliphatic hydroxyl groups is 1. The van der Waals surface area contributed by atoms with Crippen molar-refractivity contribution in [3.8, 4) is 0 Å². The molecule has 2 aliphatic carbocycles. The van der Waals surface area contributed by atoms with Crippen LogP contribution in [0.5, 0.6) is 0 Å². The summed E-state index contributed by atoms with van der Waals surface area (Å²) in [6.07, 6.45) is 7.80. The van der Waals surface area contributed by atoms with Gasteiger partial charge in [0.05, 0.1) is 18.8 Å². The van der Waals surface area contributed by atoms with Crippen molar-refractivity contribution in [1.82, 2.24) is 0 Å². The maximum atomic E-state index is 11.9. The summed E-state index contributed by atoms with van der Waals surface area (Å²) in [7, 11) is 0. The van der Waals surface area contributed by atoms with Gasteiger partial charge < -0.3 is 19.7 Å². The Morgan fingerprint density at radius 3 is 2.44 bits per heavy atom. The molecule has 3 fully saturated rings. The number of carbonyl (C=O) groups excluding carboxylic acids is 1. The number of hydrogen-bond acceptors (Lipinski definition) is 5. The van der Waals surface area contributed by atoms with Gasteiger partial charge in [0.1, 0.15) is 0 Å². The monoisotopic (exact) mass is 526 g/mol. The number of rotatable bonds is 4. The predicted octanol–water partition coefficient (Wildman–Crippen LogP) is 2.11. The molecule has 5 atom stereocenters. The molecule has 2 N–H and O–H groups in total. The Labute approximate surface area is 162 Å². The molecular formula is C18H27O6Re-. The number of carboxylic acid groups (broad SMARTS) is 1. The van der Waals surface area contributed by atoms with Crippen molar-refractivity contribution in [1.29, 1.82) is 0 Å². The molecule has 3 aliphatic rings. The fourth-order valence-corrected chi connectivity index (χ4v) is 3.10. The number of ether oxygens (including phenoxy) is 2. The Balaban J connectivity index is 0.000000390. The van der Waals surface area contributed by atoms with Crippen molar-refractivity contribution in [2.24, 2.45) is 11.8 Å². The van der Waals surface area contributed by atoms with Gasteiger partial charge in [-0.25, -0.2) is 4.79 Å².